The quantitative estimate of drug-likeness (QED) is 0.401. The Morgan fingerprint density at radius 3 is 2.24 bits per heavy atom. The number of hydrogen-bond acceptors (Lipinski definition) is 4. The number of carbonyl (C=O) groups is 2. The molecule has 0 spiro atoms. The Labute approximate surface area is 176 Å². The number of imidazole rings is 1. The Hall–Kier alpha value is -2.60. The van der Waals surface area contributed by atoms with Gasteiger partial charge in [0, 0.05) is 17.6 Å². The molecule has 0 saturated carbocycles. The minimum atomic E-state index is 0.0212. The van der Waals surface area contributed by atoms with Crippen molar-refractivity contribution in [1.82, 2.24) is 14.5 Å². The summed E-state index contributed by atoms with van der Waals surface area (Å²) < 4.78 is 1.91. The van der Waals surface area contributed by atoms with Crippen molar-refractivity contribution < 1.29 is 9.59 Å². The van der Waals surface area contributed by atoms with Crippen molar-refractivity contribution >= 4 is 34.5 Å². The molecule has 0 N–H and O–H groups in total. The lowest BCUT2D eigenvalue weighted by Crippen LogP contribution is -2.43. The van der Waals surface area contributed by atoms with E-state index in [2.05, 4.69) is 4.98 Å². The monoisotopic (exact) mass is 409 g/mol. The van der Waals surface area contributed by atoms with Crippen LogP contribution in [0.5, 0.6) is 0 Å². The molecule has 0 unspecified atom stereocenters. The zero-order valence-corrected chi connectivity index (χ0v) is 18.1. The third-order valence-corrected chi connectivity index (χ3v) is 5.70. The van der Waals surface area contributed by atoms with Crippen LogP contribution in [0.15, 0.2) is 59.8 Å². The topological polar surface area (TPSA) is 55.2 Å². The van der Waals surface area contributed by atoms with Crippen LogP contribution in [0.25, 0.3) is 11.0 Å². The first-order chi connectivity index (χ1) is 13.9. The molecule has 1 amide bonds. The van der Waals surface area contributed by atoms with Crippen molar-refractivity contribution in [2.75, 3.05) is 5.75 Å². The number of carbonyl (C=O) groups excluding carboxylic acids is 2. The summed E-state index contributed by atoms with van der Waals surface area (Å²) in [6, 6.07) is 17.3. The summed E-state index contributed by atoms with van der Waals surface area (Å²) in [4.78, 5) is 32.1. The van der Waals surface area contributed by atoms with E-state index in [-0.39, 0.29) is 30.3 Å². The van der Waals surface area contributed by atoms with Crippen LogP contribution in [-0.4, -0.2) is 44.0 Å². The molecule has 0 atom stereocenters. The number of thioether (sulfide) groups is 1. The minimum Gasteiger partial charge on any atom is -0.337 e. The zero-order valence-electron chi connectivity index (χ0n) is 17.3. The Balaban J connectivity index is 1.85. The van der Waals surface area contributed by atoms with Crippen LogP contribution in [0.1, 0.15) is 38.1 Å². The van der Waals surface area contributed by atoms with Gasteiger partial charge in [0.15, 0.2) is 10.9 Å². The highest BCUT2D eigenvalue weighted by atomic mass is 32.2. The van der Waals surface area contributed by atoms with Crippen LogP contribution in [0.3, 0.4) is 0 Å². The fraction of sp³-hybridized carbons (Fsp3) is 0.348. The van der Waals surface area contributed by atoms with Gasteiger partial charge in [0.05, 0.1) is 23.3 Å². The molecular weight excluding hydrogens is 382 g/mol. The van der Waals surface area contributed by atoms with Gasteiger partial charge in [0.1, 0.15) is 0 Å². The molecule has 3 rings (SSSR count). The Bertz CT molecular complexity index is 988. The number of benzene rings is 2. The van der Waals surface area contributed by atoms with Crippen molar-refractivity contribution in [1.29, 1.82) is 0 Å². The third kappa shape index (κ3) is 4.88. The van der Waals surface area contributed by atoms with E-state index in [1.165, 1.54) is 11.8 Å². The molecule has 3 aromatic rings. The molecular formula is C23H27N3O2S. The van der Waals surface area contributed by atoms with E-state index in [4.69, 9.17) is 0 Å². The highest BCUT2D eigenvalue weighted by Crippen LogP contribution is 2.25. The average molecular weight is 410 g/mol. The molecule has 0 fully saturated rings. The second kappa shape index (κ2) is 9.27. The largest absolute Gasteiger partial charge is 0.337 e. The molecule has 0 radical (unpaired) electrons. The maximum Gasteiger partial charge on any atom is 0.233 e. The van der Waals surface area contributed by atoms with Gasteiger partial charge in [-0.15, -0.1) is 0 Å². The van der Waals surface area contributed by atoms with Gasteiger partial charge in [0.2, 0.25) is 5.91 Å². The highest BCUT2D eigenvalue weighted by molar-refractivity contribution is 7.99. The van der Waals surface area contributed by atoms with Gasteiger partial charge in [-0.25, -0.2) is 4.98 Å². The number of amides is 1. The number of para-hydroxylation sites is 2. The van der Waals surface area contributed by atoms with E-state index in [9.17, 15) is 9.59 Å². The lowest BCUT2D eigenvalue weighted by atomic mass is 10.1. The van der Waals surface area contributed by atoms with Crippen LogP contribution in [0.4, 0.5) is 0 Å². The van der Waals surface area contributed by atoms with Crippen molar-refractivity contribution in [3.8, 4) is 0 Å². The third-order valence-electron chi connectivity index (χ3n) is 4.74. The van der Waals surface area contributed by atoms with E-state index in [1.54, 1.807) is 0 Å². The molecule has 2 aromatic carbocycles. The summed E-state index contributed by atoms with van der Waals surface area (Å²) in [7, 11) is 0. The van der Waals surface area contributed by atoms with Crippen molar-refractivity contribution in [3.05, 3.63) is 60.2 Å². The molecule has 0 aliphatic rings. The van der Waals surface area contributed by atoms with Crippen molar-refractivity contribution in [2.24, 2.45) is 0 Å². The second-order valence-corrected chi connectivity index (χ2v) is 8.48. The summed E-state index contributed by atoms with van der Waals surface area (Å²) in [6.07, 6.45) is 0. The number of fused-ring (bicyclic) bond motifs is 1. The Kier molecular flexibility index (Phi) is 6.75. The Morgan fingerprint density at radius 1 is 0.966 bits per heavy atom. The van der Waals surface area contributed by atoms with Gasteiger partial charge >= 0.3 is 0 Å². The van der Waals surface area contributed by atoms with E-state index >= 15 is 0 Å². The van der Waals surface area contributed by atoms with E-state index < -0.39 is 0 Å². The second-order valence-electron chi connectivity index (χ2n) is 7.54. The summed E-state index contributed by atoms with van der Waals surface area (Å²) in [5, 5.41) is 0.691. The molecule has 1 heterocycles. The normalized spacial score (nSPS) is 11.4. The molecule has 5 nitrogen and oxygen atoms in total. The number of aromatic nitrogens is 2. The predicted octanol–water partition coefficient (Wildman–Crippen LogP) is 4.66. The van der Waals surface area contributed by atoms with Gasteiger partial charge in [0.25, 0.3) is 0 Å². The lowest BCUT2D eigenvalue weighted by molar-refractivity contribution is -0.131. The summed E-state index contributed by atoms with van der Waals surface area (Å²) in [5.74, 6) is 0.389. The molecule has 0 aliphatic heterocycles. The summed E-state index contributed by atoms with van der Waals surface area (Å²) in [5.41, 5.74) is 2.40. The zero-order chi connectivity index (χ0) is 21.0. The van der Waals surface area contributed by atoms with Crippen molar-refractivity contribution in [2.45, 2.75) is 51.5 Å². The smallest absolute Gasteiger partial charge is 0.233 e. The molecule has 29 heavy (non-hydrogen) atoms. The maximum atomic E-state index is 12.8. The van der Waals surface area contributed by atoms with Crippen LogP contribution in [0.2, 0.25) is 0 Å². The van der Waals surface area contributed by atoms with Crippen LogP contribution < -0.4 is 0 Å². The fourth-order valence-electron chi connectivity index (χ4n) is 3.55. The molecule has 152 valence electrons. The van der Waals surface area contributed by atoms with Crippen molar-refractivity contribution in [3.63, 3.8) is 0 Å². The van der Waals surface area contributed by atoms with Crippen LogP contribution >= 0.6 is 11.8 Å². The van der Waals surface area contributed by atoms with Crippen LogP contribution in [0, 0.1) is 0 Å². The standard InChI is InChI=1S/C23H27N3O2S/c1-16(2)26(17(3)4)22(28)15-29-23-24-19-12-8-9-13-20(19)25(23)14-21(27)18-10-6-5-7-11-18/h5-13,16-17H,14-15H2,1-4H3. The first-order valence-electron chi connectivity index (χ1n) is 9.86. The van der Waals surface area contributed by atoms with Gasteiger partial charge < -0.3 is 9.47 Å². The highest BCUT2D eigenvalue weighted by Gasteiger charge is 2.22. The minimum absolute atomic E-state index is 0.0212. The van der Waals surface area contributed by atoms with E-state index in [0.29, 0.717) is 16.5 Å². The van der Waals surface area contributed by atoms with E-state index in [0.717, 1.165) is 11.0 Å². The summed E-state index contributed by atoms with van der Waals surface area (Å²) >= 11 is 1.39. The first-order valence-corrected chi connectivity index (χ1v) is 10.8. The Morgan fingerprint density at radius 2 is 1.59 bits per heavy atom. The molecule has 0 aliphatic carbocycles. The first kappa shape index (κ1) is 21.1. The van der Waals surface area contributed by atoms with Gasteiger partial charge in [-0.1, -0.05) is 54.2 Å². The maximum absolute atomic E-state index is 12.8. The molecule has 0 bridgehead atoms. The number of ketones is 1. The number of rotatable bonds is 8. The number of Topliss-reactive ketones (excluding diaryl/α,β-unsaturated/α-hetero) is 1. The summed E-state index contributed by atoms with van der Waals surface area (Å²) in [6.45, 7) is 8.29. The lowest BCUT2D eigenvalue weighted by Gasteiger charge is -2.30. The molecule has 6 heteroatoms. The number of nitrogens with zero attached hydrogens (tertiary/aromatic N) is 3. The average Bonchev–Trinajstić information content (AvgIpc) is 3.04. The molecule has 1 aromatic heterocycles. The van der Waals surface area contributed by atoms with Gasteiger partial charge in [-0.3, -0.25) is 9.59 Å². The fourth-order valence-corrected chi connectivity index (χ4v) is 4.43. The van der Waals surface area contributed by atoms with Gasteiger partial charge in [-0.2, -0.15) is 0 Å². The number of hydrogen-bond donors (Lipinski definition) is 0. The van der Waals surface area contributed by atoms with Gasteiger partial charge in [-0.05, 0) is 39.8 Å². The SMILES string of the molecule is CC(C)N(C(=O)CSc1nc2ccccc2n1CC(=O)c1ccccc1)C(C)C. The van der Waals surface area contributed by atoms with E-state index in [1.807, 2.05) is 91.8 Å². The predicted molar refractivity (Wildman–Crippen MR) is 118 cm³/mol. The molecule has 0 saturated heterocycles. The van der Waals surface area contributed by atoms with Crippen LogP contribution in [-0.2, 0) is 11.3 Å².